The molecule has 1 fully saturated rings. The molecule has 76 valence electrons. The van der Waals surface area contributed by atoms with Gasteiger partial charge in [-0.1, -0.05) is 0 Å². The van der Waals surface area contributed by atoms with Crippen LogP contribution in [0.4, 0.5) is 0 Å². The van der Waals surface area contributed by atoms with Crippen molar-refractivity contribution < 1.29 is 4.79 Å². The Morgan fingerprint density at radius 3 is 2.69 bits per heavy atom. The van der Waals surface area contributed by atoms with E-state index in [4.69, 9.17) is 5.73 Å². The number of nitrogens with two attached hydrogens (primary N) is 1. The number of nitrogens with zero attached hydrogens (tertiary/aromatic N) is 1. The lowest BCUT2D eigenvalue weighted by Crippen LogP contribution is -2.53. The second-order valence-electron chi connectivity index (χ2n) is 4.01. The van der Waals surface area contributed by atoms with Crippen molar-refractivity contribution in [3.8, 4) is 0 Å². The Kier molecular flexibility index (Phi) is 3.69. The van der Waals surface area contributed by atoms with Crippen LogP contribution < -0.4 is 11.1 Å². The van der Waals surface area contributed by atoms with E-state index in [0.29, 0.717) is 18.5 Å². The summed E-state index contributed by atoms with van der Waals surface area (Å²) in [5.74, 6) is 0.418. The molecule has 0 atom stereocenters. The van der Waals surface area contributed by atoms with Gasteiger partial charge in [-0.2, -0.15) is 0 Å². The summed E-state index contributed by atoms with van der Waals surface area (Å²) in [5, 5.41) is 3.05. The summed E-state index contributed by atoms with van der Waals surface area (Å²) in [4.78, 5) is 12.8. The average molecular weight is 185 g/mol. The molecule has 0 spiro atoms. The van der Waals surface area contributed by atoms with Crippen molar-refractivity contribution in [3.63, 3.8) is 0 Å². The number of hydrogen-bond donors (Lipinski definition) is 2. The zero-order valence-corrected chi connectivity index (χ0v) is 8.42. The molecule has 0 saturated carbocycles. The Morgan fingerprint density at radius 1 is 1.62 bits per heavy atom. The first kappa shape index (κ1) is 10.5. The highest BCUT2D eigenvalue weighted by Gasteiger charge is 2.27. The quantitative estimate of drug-likeness (QED) is 0.601. The van der Waals surface area contributed by atoms with Crippen LogP contribution in [0.25, 0.3) is 0 Å². The van der Waals surface area contributed by atoms with Crippen molar-refractivity contribution >= 4 is 5.91 Å². The number of hydrogen-bond acceptors (Lipinski definition) is 3. The van der Waals surface area contributed by atoms with Crippen molar-refractivity contribution in [2.24, 2.45) is 11.7 Å². The SMILES string of the molecule is CC(C)N1CC(CNCC(N)=O)C1. The van der Waals surface area contributed by atoms with E-state index in [1.54, 1.807) is 0 Å². The van der Waals surface area contributed by atoms with Crippen molar-refractivity contribution in [2.45, 2.75) is 19.9 Å². The van der Waals surface area contributed by atoms with Crippen LogP contribution in [-0.2, 0) is 4.79 Å². The third kappa shape index (κ3) is 3.32. The van der Waals surface area contributed by atoms with E-state index in [1.807, 2.05) is 0 Å². The molecule has 13 heavy (non-hydrogen) atoms. The summed E-state index contributed by atoms with van der Waals surface area (Å²) < 4.78 is 0. The van der Waals surface area contributed by atoms with E-state index in [2.05, 4.69) is 24.1 Å². The number of carbonyl (C=O) groups excluding carboxylic acids is 1. The zero-order chi connectivity index (χ0) is 9.84. The summed E-state index contributed by atoms with van der Waals surface area (Å²) in [6.07, 6.45) is 0. The molecule has 0 aromatic heterocycles. The summed E-state index contributed by atoms with van der Waals surface area (Å²) in [7, 11) is 0. The van der Waals surface area contributed by atoms with Crippen LogP contribution in [-0.4, -0.2) is 43.0 Å². The predicted octanol–water partition coefficient (Wildman–Crippen LogP) is -0.598. The number of amides is 1. The molecule has 0 bridgehead atoms. The van der Waals surface area contributed by atoms with Crippen molar-refractivity contribution in [2.75, 3.05) is 26.2 Å². The van der Waals surface area contributed by atoms with Crippen molar-refractivity contribution in [1.29, 1.82) is 0 Å². The topological polar surface area (TPSA) is 58.4 Å². The van der Waals surface area contributed by atoms with Crippen LogP contribution in [0.5, 0.6) is 0 Å². The van der Waals surface area contributed by atoms with Crippen LogP contribution in [0.15, 0.2) is 0 Å². The van der Waals surface area contributed by atoms with Crippen molar-refractivity contribution in [3.05, 3.63) is 0 Å². The summed E-state index contributed by atoms with van der Waals surface area (Å²) >= 11 is 0. The lowest BCUT2D eigenvalue weighted by molar-refractivity contribution is -0.117. The van der Waals surface area contributed by atoms with E-state index < -0.39 is 0 Å². The minimum atomic E-state index is -0.278. The van der Waals surface area contributed by atoms with Gasteiger partial charge in [-0.15, -0.1) is 0 Å². The Labute approximate surface area is 79.5 Å². The molecule has 4 heteroatoms. The molecular weight excluding hydrogens is 166 g/mol. The molecule has 1 aliphatic rings. The van der Waals surface area contributed by atoms with E-state index >= 15 is 0 Å². The number of primary amides is 1. The van der Waals surface area contributed by atoms with Gasteiger partial charge in [-0.25, -0.2) is 0 Å². The van der Waals surface area contributed by atoms with Gasteiger partial charge in [0.25, 0.3) is 0 Å². The standard InChI is InChI=1S/C9H19N3O/c1-7(2)12-5-8(6-12)3-11-4-9(10)13/h7-8,11H,3-6H2,1-2H3,(H2,10,13). The molecule has 0 aromatic rings. The Bertz CT molecular complexity index is 176. The lowest BCUT2D eigenvalue weighted by Gasteiger charge is -2.42. The molecule has 0 radical (unpaired) electrons. The number of carbonyl (C=O) groups is 1. The fraction of sp³-hybridized carbons (Fsp3) is 0.889. The maximum atomic E-state index is 10.4. The molecule has 0 aromatic carbocycles. The maximum Gasteiger partial charge on any atom is 0.231 e. The number of nitrogens with one attached hydrogen (secondary N) is 1. The molecular formula is C9H19N3O. The highest BCUT2D eigenvalue weighted by molar-refractivity contribution is 5.75. The lowest BCUT2D eigenvalue weighted by atomic mass is 9.98. The van der Waals surface area contributed by atoms with Gasteiger partial charge in [0.1, 0.15) is 0 Å². The smallest absolute Gasteiger partial charge is 0.231 e. The number of rotatable bonds is 5. The highest BCUT2D eigenvalue weighted by Crippen LogP contribution is 2.16. The van der Waals surface area contributed by atoms with Crippen LogP contribution in [0.3, 0.4) is 0 Å². The van der Waals surface area contributed by atoms with Gasteiger partial charge in [0, 0.05) is 25.7 Å². The summed E-state index contributed by atoms with van der Waals surface area (Å²) in [6.45, 7) is 7.90. The third-order valence-corrected chi connectivity index (χ3v) is 2.45. The van der Waals surface area contributed by atoms with Gasteiger partial charge in [0.05, 0.1) is 6.54 Å². The molecule has 3 N–H and O–H groups in total. The first-order valence-electron chi connectivity index (χ1n) is 4.82. The minimum Gasteiger partial charge on any atom is -0.369 e. The van der Waals surface area contributed by atoms with Gasteiger partial charge >= 0.3 is 0 Å². The van der Waals surface area contributed by atoms with Crippen LogP contribution in [0.1, 0.15) is 13.8 Å². The van der Waals surface area contributed by atoms with Gasteiger partial charge in [-0.3, -0.25) is 4.79 Å². The molecule has 0 unspecified atom stereocenters. The first-order chi connectivity index (χ1) is 6.09. The molecule has 4 nitrogen and oxygen atoms in total. The summed E-state index contributed by atoms with van der Waals surface area (Å²) in [6, 6.07) is 0.646. The Balaban J connectivity index is 1.99. The Hall–Kier alpha value is -0.610. The van der Waals surface area contributed by atoms with Crippen LogP contribution in [0.2, 0.25) is 0 Å². The third-order valence-electron chi connectivity index (χ3n) is 2.45. The molecule has 1 amide bonds. The predicted molar refractivity (Wildman–Crippen MR) is 52.3 cm³/mol. The monoisotopic (exact) mass is 185 g/mol. The summed E-state index contributed by atoms with van der Waals surface area (Å²) in [5.41, 5.74) is 5.00. The average Bonchev–Trinajstić information content (AvgIpc) is 1.92. The Morgan fingerprint density at radius 2 is 2.23 bits per heavy atom. The molecule has 0 aliphatic carbocycles. The van der Waals surface area contributed by atoms with Gasteiger partial charge in [0.2, 0.25) is 5.91 Å². The van der Waals surface area contributed by atoms with Gasteiger partial charge in [0.15, 0.2) is 0 Å². The van der Waals surface area contributed by atoms with E-state index in [1.165, 1.54) is 0 Å². The first-order valence-corrected chi connectivity index (χ1v) is 4.82. The molecule has 1 heterocycles. The maximum absolute atomic E-state index is 10.4. The molecule has 1 rings (SSSR count). The largest absolute Gasteiger partial charge is 0.369 e. The van der Waals surface area contributed by atoms with Gasteiger partial charge < -0.3 is 16.0 Å². The highest BCUT2D eigenvalue weighted by atomic mass is 16.1. The van der Waals surface area contributed by atoms with Gasteiger partial charge in [-0.05, 0) is 19.8 Å². The van der Waals surface area contributed by atoms with Crippen LogP contribution in [0, 0.1) is 5.92 Å². The van der Waals surface area contributed by atoms with Crippen LogP contribution >= 0.6 is 0 Å². The molecule has 1 aliphatic heterocycles. The van der Waals surface area contributed by atoms with E-state index in [0.717, 1.165) is 19.6 Å². The second kappa shape index (κ2) is 4.58. The fourth-order valence-electron chi connectivity index (χ4n) is 1.56. The second-order valence-corrected chi connectivity index (χ2v) is 4.01. The van der Waals surface area contributed by atoms with Crippen molar-refractivity contribution in [1.82, 2.24) is 10.2 Å². The number of likely N-dealkylation sites (tertiary alicyclic amines) is 1. The van der Waals surface area contributed by atoms with E-state index in [-0.39, 0.29) is 5.91 Å². The van der Waals surface area contributed by atoms with E-state index in [9.17, 15) is 4.79 Å². The fourth-order valence-corrected chi connectivity index (χ4v) is 1.56. The minimum absolute atomic E-state index is 0.278. The zero-order valence-electron chi connectivity index (χ0n) is 8.42. The molecule has 1 saturated heterocycles. The normalized spacial score (nSPS) is 19.0.